The third-order valence-electron chi connectivity index (χ3n) is 8.10. The number of phosphoric ester groups is 1. The predicted molar refractivity (Wildman–Crippen MR) is 197 cm³/mol. The van der Waals surface area contributed by atoms with Gasteiger partial charge in [0.2, 0.25) is 5.91 Å². The summed E-state index contributed by atoms with van der Waals surface area (Å²) in [5, 5.41) is 12.6. The summed E-state index contributed by atoms with van der Waals surface area (Å²) in [6, 6.07) is 0. The van der Waals surface area contributed by atoms with Gasteiger partial charge < -0.3 is 20.1 Å². The van der Waals surface area contributed by atoms with Gasteiger partial charge in [0.25, 0.3) is 0 Å². The Kier molecular flexibility index (Phi) is 34.2. The molecule has 0 aromatic heterocycles. The molecule has 0 aliphatic heterocycles. The Morgan fingerprint density at radius 3 is 1.60 bits per heavy atom. The molecule has 2 atom stereocenters. The number of unbranched alkanes of at least 4 members (excludes halogenated alkanes) is 19. The van der Waals surface area contributed by atoms with Gasteiger partial charge in [0.15, 0.2) is 0 Å². The standard InChI is InChI=1S/C38H72NO8P/c1-3-5-7-9-11-13-15-17-18-19-20-22-24-26-28-30-37(41)39-32-33-46-48(43,44)47-35-36(40)34-45-38(42)31-29-27-25-23-21-16-14-12-10-8-6-4-2/h12,14,17-18,36,40H,3-11,13,15-16,19-35H2,1-2H3,(H,39,41)(H,43,44)/b14-12-,18-17-. The first-order valence-electron chi connectivity index (χ1n) is 19.3. The minimum absolute atomic E-state index is 0.0775. The van der Waals surface area contributed by atoms with E-state index < -0.39 is 26.5 Å². The maximum Gasteiger partial charge on any atom is 0.472 e. The molecule has 1 amide bonds. The van der Waals surface area contributed by atoms with Crippen molar-refractivity contribution in [2.24, 2.45) is 0 Å². The van der Waals surface area contributed by atoms with Crippen LogP contribution in [0.5, 0.6) is 0 Å². The van der Waals surface area contributed by atoms with Crippen LogP contribution in [-0.2, 0) is 27.9 Å². The van der Waals surface area contributed by atoms with Gasteiger partial charge in [-0.1, -0.05) is 122 Å². The van der Waals surface area contributed by atoms with E-state index in [0.29, 0.717) is 6.42 Å². The molecular weight excluding hydrogens is 629 g/mol. The van der Waals surface area contributed by atoms with E-state index >= 15 is 0 Å². The van der Waals surface area contributed by atoms with E-state index in [1.54, 1.807) is 0 Å². The van der Waals surface area contributed by atoms with Gasteiger partial charge in [0.1, 0.15) is 12.7 Å². The number of aliphatic hydroxyl groups is 1. The Hall–Kier alpha value is -1.51. The molecule has 2 unspecified atom stereocenters. The minimum atomic E-state index is -4.41. The highest BCUT2D eigenvalue weighted by atomic mass is 31.2. The van der Waals surface area contributed by atoms with E-state index in [1.165, 1.54) is 77.0 Å². The highest BCUT2D eigenvalue weighted by Crippen LogP contribution is 2.42. The Balaban J connectivity index is 3.64. The number of amides is 1. The van der Waals surface area contributed by atoms with Crippen molar-refractivity contribution in [1.29, 1.82) is 0 Å². The number of phosphoric acid groups is 1. The summed E-state index contributed by atoms with van der Waals surface area (Å²) in [6.07, 6.45) is 35.3. The van der Waals surface area contributed by atoms with Gasteiger partial charge in [-0.15, -0.1) is 0 Å². The van der Waals surface area contributed by atoms with Crippen molar-refractivity contribution in [2.45, 2.75) is 180 Å². The fourth-order valence-corrected chi connectivity index (χ4v) is 5.89. The molecule has 0 aromatic carbocycles. The minimum Gasteiger partial charge on any atom is -0.463 e. The number of ether oxygens (including phenoxy) is 1. The molecule has 0 saturated heterocycles. The van der Waals surface area contributed by atoms with Crippen LogP contribution in [0, 0.1) is 0 Å². The van der Waals surface area contributed by atoms with Crippen LogP contribution in [0.4, 0.5) is 0 Å². The smallest absolute Gasteiger partial charge is 0.463 e. The molecule has 48 heavy (non-hydrogen) atoms. The first kappa shape index (κ1) is 46.5. The van der Waals surface area contributed by atoms with Crippen molar-refractivity contribution < 1.29 is 37.9 Å². The van der Waals surface area contributed by atoms with Gasteiger partial charge in [0, 0.05) is 19.4 Å². The van der Waals surface area contributed by atoms with Crippen LogP contribution in [0.25, 0.3) is 0 Å². The van der Waals surface area contributed by atoms with Crippen LogP contribution >= 0.6 is 7.82 Å². The zero-order valence-electron chi connectivity index (χ0n) is 30.7. The van der Waals surface area contributed by atoms with Crippen LogP contribution < -0.4 is 5.32 Å². The fraction of sp³-hybridized carbons (Fsp3) is 0.842. The number of esters is 1. The highest BCUT2D eigenvalue weighted by Gasteiger charge is 2.23. The van der Waals surface area contributed by atoms with Crippen molar-refractivity contribution in [3.8, 4) is 0 Å². The molecule has 0 rings (SSSR count). The van der Waals surface area contributed by atoms with Crippen LogP contribution in [0.3, 0.4) is 0 Å². The van der Waals surface area contributed by atoms with Crippen LogP contribution in [0.2, 0.25) is 0 Å². The quantitative estimate of drug-likeness (QED) is 0.0255. The average molecular weight is 702 g/mol. The summed E-state index contributed by atoms with van der Waals surface area (Å²) in [5.41, 5.74) is 0. The molecule has 9 nitrogen and oxygen atoms in total. The van der Waals surface area contributed by atoms with Crippen molar-refractivity contribution in [2.75, 3.05) is 26.4 Å². The van der Waals surface area contributed by atoms with Gasteiger partial charge >= 0.3 is 13.8 Å². The molecule has 282 valence electrons. The summed E-state index contributed by atoms with van der Waals surface area (Å²) in [7, 11) is -4.41. The second kappa shape index (κ2) is 35.3. The molecule has 0 aromatic rings. The number of carbonyl (C=O) groups excluding carboxylic acids is 2. The molecule has 10 heteroatoms. The van der Waals surface area contributed by atoms with Crippen molar-refractivity contribution in [1.82, 2.24) is 5.32 Å². The second-order valence-electron chi connectivity index (χ2n) is 12.9. The normalized spacial score (nSPS) is 13.7. The SMILES string of the molecule is CCCCC/C=C\CCCCCCCC(=O)OCC(O)COP(=O)(O)OCCNC(=O)CCCCCCC/C=C\CCCCCCCC. The molecule has 0 saturated carbocycles. The Bertz CT molecular complexity index is 851. The highest BCUT2D eigenvalue weighted by molar-refractivity contribution is 7.47. The lowest BCUT2D eigenvalue weighted by Crippen LogP contribution is -2.27. The molecule has 0 spiro atoms. The third kappa shape index (κ3) is 35.8. The van der Waals surface area contributed by atoms with Gasteiger partial charge in [-0.05, 0) is 64.2 Å². The second-order valence-corrected chi connectivity index (χ2v) is 14.3. The van der Waals surface area contributed by atoms with E-state index in [0.717, 1.165) is 70.6 Å². The molecule has 0 aliphatic carbocycles. The van der Waals surface area contributed by atoms with Gasteiger partial charge in [0.05, 0.1) is 13.2 Å². The number of allylic oxidation sites excluding steroid dienone is 4. The Labute approximate surface area is 293 Å². The molecule has 0 heterocycles. The Morgan fingerprint density at radius 1 is 0.625 bits per heavy atom. The van der Waals surface area contributed by atoms with E-state index in [9.17, 15) is 24.2 Å². The van der Waals surface area contributed by atoms with Gasteiger partial charge in [-0.25, -0.2) is 4.57 Å². The van der Waals surface area contributed by atoms with E-state index in [-0.39, 0.29) is 32.1 Å². The monoisotopic (exact) mass is 701 g/mol. The van der Waals surface area contributed by atoms with Crippen molar-refractivity contribution in [3.63, 3.8) is 0 Å². The lowest BCUT2D eigenvalue weighted by atomic mass is 10.1. The zero-order chi connectivity index (χ0) is 35.4. The van der Waals surface area contributed by atoms with Gasteiger partial charge in [-0.2, -0.15) is 0 Å². The van der Waals surface area contributed by atoms with E-state index in [1.807, 2.05) is 0 Å². The topological polar surface area (TPSA) is 131 Å². The molecule has 0 radical (unpaired) electrons. The lowest BCUT2D eigenvalue weighted by Gasteiger charge is -2.15. The largest absolute Gasteiger partial charge is 0.472 e. The third-order valence-corrected chi connectivity index (χ3v) is 9.09. The van der Waals surface area contributed by atoms with Crippen LogP contribution in [0.15, 0.2) is 24.3 Å². The van der Waals surface area contributed by atoms with Gasteiger partial charge in [-0.3, -0.25) is 18.6 Å². The first-order chi connectivity index (χ1) is 23.3. The first-order valence-corrected chi connectivity index (χ1v) is 20.8. The summed E-state index contributed by atoms with van der Waals surface area (Å²) in [5.74, 6) is -0.534. The fourth-order valence-electron chi connectivity index (χ4n) is 5.13. The number of rotatable bonds is 36. The van der Waals surface area contributed by atoms with Crippen molar-refractivity contribution in [3.05, 3.63) is 24.3 Å². The summed E-state index contributed by atoms with van der Waals surface area (Å²) >= 11 is 0. The predicted octanol–water partition coefficient (Wildman–Crippen LogP) is 10.0. The molecule has 0 fully saturated rings. The zero-order valence-corrected chi connectivity index (χ0v) is 31.6. The van der Waals surface area contributed by atoms with Crippen molar-refractivity contribution >= 4 is 19.7 Å². The van der Waals surface area contributed by atoms with E-state index in [2.05, 4.69) is 43.5 Å². The van der Waals surface area contributed by atoms with E-state index in [4.69, 9.17) is 13.8 Å². The average Bonchev–Trinajstić information content (AvgIpc) is 3.07. The van der Waals surface area contributed by atoms with Crippen LogP contribution in [-0.4, -0.2) is 54.3 Å². The Morgan fingerprint density at radius 2 is 1.06 bits per heavy atom. The molecule has 3 N–H and O–H groups in total. The number of hydrogen-bond donors (Lipinski definition) is 3. The summed E-state index contributed by atoms with van der Waals surface area (Å²) in [6.45, 7) is 3.49. The molecule has 0 aliphatic rings. The number of hydrogen-bond acceptors (Lipinski definition) is 7. The summed E-state index contributed by atoms with van der Waals surface area (Å²) < 4.78 is 26.7. The molecule has 0 bridgehead atoms. The molecular formula is C38H72NO8P. The van der Waals surface area contributed by atoms with Crippen LogP contribution in [0.1, 0.15) is 174 Å². The number of nitrogens with one attached hydrogen (secondary N) is 1. The number of carbonyl (C=O) groups is 2. The number of aliphatic hydroxyl groups excluding tert-OH is 1. The maximum atomic E-state index is 12.0. The lowest BCUT2D eigenvalue weighted by molar-refractivity contribution is -0.147. The summed E-state index contributed by atoms with van der Waals surface area (Å²) in [4.78, 5) is 33.7. The maximum absolute atomic E-state index is 12.0.